The first-order valence-electron chi connectivity index (χ1n) is 5.70. The number of ketones is 1. The fourth-order valence-electron chi connectivity index (χ4n) is 1.73. The van der Waals surface area contributed by atoms with Crippen molar-refractivity contribution in [3.05, 3.63) is 59.7 Å². The monoisotopic (exact) mass is 246 g/mol. The van der Waals surface area contributed by atoms with Crippen LogP contribution in [0, 0.1) is 11.6 Å². The maximum atomic E-state index is 13.1. The SMILES string of the molecule is CCC(=O)c1ccc(-c2ccc(F)c(F)c2)cc1. The molecule has 0 N–H and O–H groups in total. The van der Waals surface area contributed by atoms with Gasteiger partial charge in [0.1, 0.15) is 0 Å². The summed E-state index contributed by atoms with van der Waals surface area (Å²) < 4.78 is 25.9. The number of carbonyl (C=O) groups excluding carboxylic acids is 1. The quantitative estimate of drug-likeness (QED) is 0.741. The normalized spacial score (nSPS) is 10.4. The van der Waals surface area contributed by atoms with E-state index in [1.807, 2.05) is 0 Å². The van der Waals surface area contributed by atoms with Crippen LogP contribution in [0.1, 0.15) is 23.7 Å². The van der Waals surface area contributed by atoms with Gasteiger partial charge in [0.25, 0.3) is 0 Å². The number of hydrogen-bond acceptors (Lipinski definition) is 1. The van der Waals surface area contributed by atoms with Gasteiger partial charge in [-0.1, -0.05) is 37.3 Å². The molecule has 0 unspecified atom stereocenters. The molecule has 0 radical (unpaired) electrons. The van der Waals surface area contributed by atoms with Gasteiger partial charge in [0, 0.05) is 12.0 Å². The number of rotatable bonds is 3. The molecule has 1 nitrogen and oxygen atoms in total. The fraction of sp³-hybridized carbons (Fsp3) is 0.133. The van der Waals surface area contributed by atoms with Gasteiger partial charge in [-0.3, -0.25) is 4.79 Å². The second-order valence-electron chi connectivity index (χ2n) is 3.98. The molecule has 0 saturated carbocycles. The van der Waals surface area contributed by atoms with E-state index in [2.05, 4.69) is 0 Å². The average molecular weight is 246 g/mol. The van der Waals surface area contributed by atoms with Crippen LogP contribution in [0.4, 0.5) is 8.78 Å². The maximum absolute atomic E-state index is 13.1. The highest BCUT2D eigenvalue weighted by molar-refractivity contribution is 5.96. The van der Waals surface area contributed by atoms with E-state index >= 15 is 0 Å². The summed E-state index contributed by atoms with van der Waals surface area (Å²) in [6, 6.07) is 10.6. The molecular formula is C15H12F2O. The fourth-order valence-corrected chi connectivity index (χ4v) is 1.73. The summed E-state index contributed by atoms with van der Waals surface area (Å²) in [4.78, 5) is 11.5. The molecule has 18 heavy (non-hydrogen) atoms. The standard InChI is InChI=1S/C15H12F2O/c1-2-15(18)11-5-3-10(4-6-11)12-7-8-13(16)14(17)9-12/h3-9H,2H2,1H3. The van der Waals surface area contributed by atoms with Crippen molar-refractivity contribution < 1.29 is 13.6 Å². The molecule has 0 bridgehead atoms. The van der Waals surface area contributed by atoms with Crippen molar-refractivity contribution in [2.75, 3.05) is 0 Å². The molecule has 0 fully saturated rings. The van der Waals surface area contributed by atoms with Gasteiger partial charge in [0.2, 0.25) is 0 Å². The molecule has 0 spiro atoms. The molecule has 2 aromatic carbocycles. The molecular weight excluding hydrogens is 234 g/mol. The van der Waals surface area contributed by atoms with Gasteiger partial charge >= 0.3 is 0 Å². The van der Waals surface area contributed by atoms with Crippen molar-refractivity contribution in [1.82, 2.24) is 0 Å². The minimum Gasteiger partial charge on any atom is -0.294 e. The van der Waals surface area contributed by atoms with Gasteiger partial charge in [-0.25, -0.2) is 8.78 Å². The van der Waals surface area contributed by atoms with Gasteiger partial charge < -0.3 is 0 Å². The molecule has 0 amide bonds. The number of halogens is 2. The lowest BCUT2D eigenvalue weighted by atomic mass is 10.0. The molecule has 0 aromatic heterocycles. The number of carbonyl (C=O) groups is 1. The van der Waals surface area contributed by atoms with Crippen LogP contribution in [0.3, 0.4) is 0 Å². The van der Waals surface area contributed by atoms with Crippen molar-refractivity contribution >= 4 is 5.78 Å². The van der Waals surface area contributed by atoms with E-state index < -0.39 is 11.6 Å². The van der Waals surface area contributed by atoms with Crippen LogP contribution in [-0.2, 0) is 0 Å². The van der Waals surface area contributed by atoms with Gasteiger partial charge in [-0.05, 0) is 23.3 Å². The van der Waals surface area contributed by atoms with Crippen LogP contribution in [-0.4, -0.2) is 5.78 Å². The predicted octanol–water partition coefficient (Wildman–Crippen LogP) is 4.22. The summed E-state index contributed by atoms with van der Waals surface area (Å²) in [5.74, 6) is -1.68. The van der Waals surface area contributed by atoms with E-state index in [9.17, 15) is 13.6 Å². The van der Waals surface area contributed by atoms with Crippen molar-refractivity contribution in [3.63, 3.8) is 0 Å². The third kappa shape index (κ3) is 2.45. The summed E-state index contributed by atoms with van der Waals surface area (Å²) in [5, 5.41) is 0. The summed E-state index contributed by atoms with van der Waals surface area (Å²) in [7, 11) is 0. The minimum absolute atomic E-state index is 0.0619. The lowest BCUT2D eigenvalue weighted by molar-refractivity contribution is 0.0988. The number of hydrogen-bond donors (Lipinski definition) is 0. The topological polar surface area (TPSA) is 17.1 Å². The van der Waals surface area contributed by atoms with Gasteiger partial charge in [0.15, 0.2) is 17.4 Å². The molecule has 92 valence electrons. The minimum atomic E-state index is -0.874. The molecule has 2 rings (SSSR count). The van der Waals surface area contributed by atoms with Gasteiger partial charge in [0.05, 0.1) is 0 Å². The summed E-state index contributed by atoms with van der Waals surface area (Å²) in [5.41, 5.74) is 1.97. The second-order valence-corrected chi connectivity index (χ2v) is 3.98. The largest absolute Gasteiger partial charge is 0.294 e. The highest BCUT2D eigenvalue weighted by atomic mass is 19.2. The second kappa shape index (κ2) is 5.08. The van der Waals surface area contributed by atoms with Gasteiger partial charge in [-0.2, -0.15) is 0 Å². The molecule has 0 aliphatic carbocycles. The van der Waals surface area contributed by atoms with E-state index in [1.54, 1.807) is 31.2 Å². The third-order valence-corrected chi connectivity index (χ3v) is 2.78. The van der Waals surface area contributed by atoms with E-state index in [-0.39, 0.29) is 5.78 Å². The Balaban J connectivity index is 2.34. The van der Waals surface area contributed by atoms with E-state index in [0.717, 1.165) is 17.7 Å². The molecule has 0 heterocycles. The molecule has 0 aliphatic heterocycles. The Bertz CT molecular complexity index is 574. The van der Waals surface area contributed by atoms with Crippen LogP contribution in [0.2, 0.25) is 0 Å². The Hall–Kier alpha value is -2.03. The van der Waals surface area contributed by atoms with Crippen molar-refractivity contribution in [2.45, 2.75) is 13.3 Å². The Labute approximate surface area is 104 Å². The molecule has 3 heteroatoms. The predicted molar refractivity (Wildman–Crippen MR) is 66.4 cm³/mol. The zero-order valence-corrected chi connectivity index (χ0v) is 9.91. The highest BCUT2D eigenvalue weighted by Gasteiger charge is 2.06. The average Bonchev–Trinajstić information content (AvgIpc) is 2.41. The van der Waals surface area contributed by atoms with Crippen LogP contribution in [0.5, 0.6) is 0 Å². The summed E-state index contributed by atoms with van der Waals surface area (Å²) >= 11 is 0. The van der Waals surface area contributed by atoms with Crippen LogP contribution in [0.15, 0.2) is 42.5 Å². The number of Topliss-reactive ketones (excluding diaryl/α,β-unsaturated/α-hetero) is 1. The lowest BCUT2D eigenvalue weighted by Gasteiger charge is -2.04. The Morgan fingerprint density at radius 2 is 1.56 bits per heavy atom. The van der Waals surface area contributed by atoms with E-state index in [4.69, 9.17) is 0 Å². The zero-order valence-electron chi connectivity index (χ0n) is 9.91. The third-order valence-electron chi connectivity index (χ3n) is 2.78. The zero-order chi connectivity index (χ0) is 13.1. The Morgan fingerprint density at radius 3 is 2.11 bits per heavy atom. The first kappa shape index (κ1) is 12.4. The molecule has 0 atom stereocenters. The van der Waals surface area contributed by atoms with E-state index in [1.165, 1.54) is 6.07 Å². The highest BCUT2D eigenvalue weighted by Crippen LogP contribution is 2.22. The van der Waals surface area contributed by atoms with Crippen molar-refractivity contribution in [3.8, 4) is 11.1 Å². The summed E-state index contributed by atoms with van der Waals surface area (Å²) in [6.45, 7) is 1.80. The first-order valence-corrected chi connectivity index (χ1v) is 5.70. The Kier molecular flexibility index (Phi) is 3.51. The molecule has 2 aromatic rings. The van der Waals surface area contributed by atoms with Crippen molar-refractivity contribution in [2.24, 2.45) is 0 Å². The molecule has 0 aliphatic rings. The number of benzene rings is 2. The summed E-state index contributed by atoms with van der Waals surface area (Å²) in [6.07, 6.45) is 0.449. The van der Waals surface area contributed by atoms with Crippen LogP contribution >= 0.6 is 0 Å². The van der Waals surface area contributed by atoms with Crippen LogP contribution < -0.4 is 0 Å². The smallest absolute Gasteiger partial charge is 0.162 e. The van der Waals surface area contributed by atoms with E-state index in [0.29, 0.717) is 17.5 Å². The van der Waals surface area contributed by atoms with Crippen molar-refractivity contribution in [1.29, 1.82) is 0 Å². The first-order chi connectivity index (χ1) is 8.61. The Morgan fingerprint density at radius 1 is 0.944 bits per heavy atom. The lowest BCUT2D eigenvalue weighted by Crippen LogP contribution is -1.95. The van der Waals surface area contributed by atoms with Gasteiger partial charge in [-0.15, -0.1) is 0 Å². The van der Waals surface area contributed by atoms with Crippen LogP contribution in [0.25, 0.3) is 11.1 Å². The maximum Gasteiger partial charge on any atom is 0.162 e. The molecule has 0 saturated heterocycles.